The Bertz CT molecular complexity index is 1080. The number of oxazole rings is 1. The Labute approximate surface area is 175 Å². The van der Waals surface area contributed by atoms with Crippen molar-refractivity contribution >= 4 is 34.3 Å². The number of nitrogens with zero attached hydrogens (tertiary/aromatic N) is 2. The molecule has 0 atom stereocenters. The molecule has 1 N–H and O–H groups in total. The van der Waals surface area contributed by atoms with Crippen LogP contribution in [0.3, 0.4) is 0 Å². The molecule has 7 heteroatoms. The second-order valence-electron chi connectivity index (χ2n) is 8.43. The highest BCUT2D eigenvalue weighted by molar-refractivity contribution is 5.95. The van der Waals surface area contributed by atoms with Gasteiger partial charge in [-0.3, -0.25) is 9.59 Å². The summed E-state index contributed by atoms with van der Waals surface area (Å²) in [6.07, 6.45) is 1.48. The molecule has 1 aromatic heterocycles. The van der Waals surface area contributed by atoms with Crippen molar-refractivity contribution in [1.29, 1.82) is 0 Å². The smallest absolute Gasteiger partial charge is 0.262 e. The molecule has 2 aromatic carbocycles. The standard InChI is InChI=1S/C23H25N3O4/c1-23(2,3)22-25-18-13-15(6-11-19(18)30-22)24-20(27)14-29-17-9-7-16(8-10-17)26-12-4-5-21(26)28/h6-11,13H,4-5,12,14H2,1-3H3,(H,24,27). The second kappa shape index (κ2) is 7.82. The van der Waals surface area contributed by atoms with Crippen LogP contribution in [-0.2, 0) is 15.0 Å². The number of fused-ring (bicyclic) bond motifs is 1. The first-order valence-corrected chi connectivity index (χ1v) is 10.0. The fraction of sp³-hybridized carbons (Fsp3) is 0.348. The highest BCUT2D eigenvalue weighted by atomic mass is 16.5. The molecular weight excluding hydrogens is 382 g/mol. The molecule has 1 aliphatic heterocycles. The number of rotatable bonds is 5. The normalized spacial score (nSPS) is 14.4. The van der Waals surface area contributed by atoms with Crippen molar-refractivity contribution in [3.8, 4) is 5.75 Å². The minimum atomic E-state index is -0.271. The molecular formula is C23H25N3O4. The molecule has 2 amide bonds. The predicted octanol–water partition coefficient (Wildman–Crippen LogP) is 4.27. The van der Waals surface area contributed by atoms with Crippen molar-refractivity contribution in [2.24, 2.45) is 0 Å². The van der Waals surface area contributed by atoms with Gasteiger partial charge < -0.3 is 19.4 Å². The van der Waals surface area contributed by atoms with Gasteiger partial charge in [0.25, 0.3) is 5.91 Å². The molecule has 0 saturated carbocycles. The summed E-state index contributed by atoms with van der Waals surface area (Å²) in [7, 11) is 0. The van der Waals surface area contributed by atoms with E-state index < -0.39 is 0 Å². The minimum absolute atomic E-state index is 0.119. The zero-order chi connectivity index (χ0) is 21.3. The summed E-state index contributed by atoms with van der Waals surface area (Å²) in [5.41, 5.74) is 2.68. The third kappa shape index (κ3) is 4.30. The number of benzene rings is 2. The molecule has 4 rings (SSSR count). The number of carbonyl (C=O) groups is 2. The van der Waals surface area contributed by atoms with Gasteiger partial charge in [-0.05, 0) is 48.9 Å². The van der Waals surface area contributed by atoms with E-state index in [1.165, 1.54) is 0 Å². The van der Waals surface area contributed by atoms with Crippen molar-refractivity contribution in [2.75, 3.05) is 23.4 Å². The maximum Gasteiger partial charge on any atom is 0.262 e. The zero-order valence-electron chi connectivity index (χ0n) is 17.4. The molecule has 2 heterocycles. The molecule has 0 aliphatic carbocycles. The highest BCUT2D eigenvalue weighted by Crippen LogP contribution is 2.27. The summed E-state index contributed by atoms with van der Waals surface area (Å²) < 4.78 is 11.3. The number of aromatic nitrogens is 1. The Morgan fingerprint density at radius 3 is 2.63 bits per heavy atom. The van der Waals surface area contributed by atoms with E-state index in [0.717, 1.165) is 18.7 Å². The summed E-state index contributed by atoms with van der Waals surface area (Å²) in [4.78, 5) is 30.4. The van der Waals surface area contributed by atoms with E-state index in [1.54, 1.807) is 35.2 Å². The van der Waals surface area contributed by atoms with Gasteiger partial charge in [-0.15, -0.1) is 0 Å². The van der Waals surface area contributed by atoms with E-state index in [4.69, 9.17) is 9.15 Å². The summed E-state index contributed by atoms with van der Waals surface area (Å²) >= 11 is 0. The van der Waals surface area contributed by atoms with Crippen molar-refractivity contribution in [3.05, 3.63) is 48.4 Å². The van der Waals surface area contributed by atoms with Crippen LogP contribution >= 0.6 is 0 Å². The molecule has 30 heavy (non-hydrogen) atoms. The van der Waals surface area contributed by atoms with Gasteiger partial charge in [0.1, 0.15) is 11.3 Å². The van der Waals surface area contributed by atoms with Gasteiger partial charge in [0.15, 0.2) is 12.2 Å². The number of hydrogen-bond donors (Lipinski definition) is 1. The van der Waals surface area contributed by atoms with E-state index >= 15 is 0 Å². The number of nitrogens with one attached hydrogen (secondary N) is 1. The topological polar surface area (TPSA) is 84.7 Å². The van der Waals surface area contributed by atoms with Crippen LogP contribution in [0.1, 0.15) is 39.5 Å². The quantitative estimate of drug-likeness (QED) is 0.683. The fourth-order valence-electron chi connectivity index (χ4n) is 3.32. The Kier molecular flexibility index (Phi) is 5.20. The third-order valence-corrected chi connectivity index (χ3v) is 4.90. The van der Waals surface area contributed by atoms with Crippen LogP contribution in [0.4, 0.5) is 11.4 Å². The average molecular weight is 407 g/mol. The van der Waals surface area contributed by atoms with Crippen LogP contribution in [0.2, 0.25) is 0 Å². The van der Waals surface area contributed by atoms with Crippen LogP contribution < -0.4 is 15.0 Å². The average Bonchev–Trinajstić information content (AvgIpc) is 3.32. The van der Waals surface area contributed by atoms with E-state index in [1.807, 2.05) is 32.9 Å². The third-order valence-electron chi connectivity index (χ3n) is 4.90. The molecule has 0 bridgehead atoms. The largest absolute Gasteiger partial charge is 0.484 e. The van der Waals surface area contributed by atoms with Crippen molar-refractivity contribution < 1.29 is 18.7 Å². The number of anilines is 2. The fourth-order valence-corrected chi connectivity index (χ4v) is 3.32. The Hall–Kier alpha value is -3.35. The summed E-state index contributed by atoms with van der Waals surface area (Å²) in [5, 5.41) is 2.82. The lowest BCUT2D eigenvalue weighted by atomic mass is 9.97. The maximum absolute atomic E-state index is 12.3. The van der Waals surface area contributed by atoms with Gasteiger partial charge in [-0.1, -0.05) is 20.8 Å². The van der Waals surface area contributed by atoms with Gasteiger partial charge in [0.05, 0.1) is 0 Å². The van der Waals surface area contributed by atoms with Crippen LogP contribution in [0.25, 0.3) is 11.1 Å². The first-order valence-electron chi connectivity index (χ1n) is 10.0. The summed E-state index contributed by atoms with van der Waals surface area (Å²) in [6, 6.07) is 12.6. The van der Waals surface area contributed by atoms with Crippen LogP contribution in [-0.4, -0.2) is 29.9 Å². The first-order chi connectivity index (χ1) is 14.3. The molecule has 1 fully saturated rings. The SMILES string of the molecule is CC(C)(C)c1nc2cc(NC(=O)COc3ccc(N4CCCC4=O)cc3)ccc2o1. The van der Waals surface area contributed by atoms with E-state index in [0.29, 0.717) is 34.8 Å². The Morgan fingerprint density at radius 2 is 1.97 bits per heavy atom. The lowest BCUT2D eigenvalue weighted by molar-refractivity contribution is -0.118. The van der Waals surface area contributed by atoms with Crippen LogP contribution in [0.5, 0.6) is 5.75 Å². The molecule has 3 aromatic rings. The minimum Gasteiger partial charge on any atom is -0.484 e. The molecule has 7 nitrogen and oxygen atoms in total. The molecule has 0 unspecified atom stereocenters. The summed E-state index contributed by atoms with van der Waals surface area (Å²) in [6.45, 7) is 6.73. The van der Waals surface area contributed by atoms with Gasteiger partial charge >= 0.3 is 0 Å². The zero-order valence-corrected chi connectivity index (χ0v) is 17.4. The number of amides is 2. The summed E-state index contributed by atoms with van der Waals surface area (Å²) in [5.74, 6) is 1.10. The van der Waals surface area contributed by atoms with Crippen molar-refractivity contribution in [2.45, 2.75) is 39.0 Å². The molecule has 1 saturated heterocycles. The molecule has 0 spiro atoms. The van der Waals surface area contributed by atoms with E-state index in [-0.39, 0.29) is 23.8 Å². The van der Waals surface area contributed by atoms with Gasteiger partial charge in [-0.2, -0.15) is 0 Å². The molecule has 1 aliphatic rings. The van der Waals surface area contributed by atoms with Crippen LogP contribution in [0.15, 0.2) is 46.9 Å². The van der Waals surface area contributed by atoms with Gasteiger partial charge in [0, 0.05) is 29.8 Å². The second-order valence-corrected chi connectivity index (χ2v) is 8.43. The predicted molar refractivity (Wildman–Crippen MR) is 115 cm³/mol. The highest BCUT2D eigenvalue weighted by Gasteiger charge is 2.22. The molecule has 156 valence electrons. The maximum atomic E-state index is 12.3. The van der Waals surface area contributed by atoms with Crippen molar-refractivity contribution in [1.82, 2.24) is 4.98 Å². The Morgan fingerprint density at radius 1 is 1.20 bits per heavy atom. The lowest BCUT2D eigenvalue weighted by Crippen LogP contribution is -2.23. The van der Waals surface area contributed by atoms with Gasteiger partial charge in [0.2, 0.25) is 11.8 Å². The van der Waals surface area contributed by atoms with E-state index in [2.05, 4.69) is 10.3 Å². The number of carbonyl (C=O) groups excluding carboxylic acids is 2. The first kappa shape index (κ1) is 19.9. The number of ether oxygens (including phenoxy) is 1. The Balaban J connectivity index is 1.35. The lowest BCUT2D eigenvalue weighted by Gasteiger charge is -2.16. The van der Waals surface area contributed by atoms with Gasteiger partial charge in [-0.25, -0.2) is 4.98 Å². The molecule has 0 radical (unpaired) electrons. The van der Waals surface area contributed by atoms with E-state index in [9.17, 15) is 9.59 Å². The number of hydrogen-bond acceptors (Lipinski definition) is 5. The monoisotopic (exact) mass is 407 g/mol. The van der Waals surface area contributed by atoms with Crippen LogP contribution in [0, 0.1) is 0 Å². The van der Waals surface area contributed by atoms with Crippen molar-refractivity contribution in [3.63, 3.8) is 0 Å².